The fraction of sp³-hybridized carbons (Fsp3) is 0.429. The molecular weight excluding hydrogens is 298 g/mol. The van der Waals surface area contributed by atoms with Gasteiger partial charge in [0.2, 0.25) is 0 Å². The normalized spacial score (nSPS) is 11.8. The van der Waals surface area contributed by atoms with Crippen molar-refractivity contribution in [3.63, 3.8) is 0 Å². The summed E-state index contributed by atoms with van der Waals surface area (Å²) in [7, 11) is 0. The van der Waals surface area contributed by atoms with Gasteiger partial charge in [0.15, 0.2) is 6.10 Å². The van der Waals surface area contributed by atoms with Crippen LogP contribution in [0, 0.1) is 0 Å². The van der Waals surface area contributed by atoms with Crippen LogP contribution in [0.1, 0.15) is 32.3 Å². The van der Waals surface area contributed by atoms with Gasteiger partial charge in [-0.3, -0.25) is 0 Å². The van der Waals surface area contributed by atoms with Crippen LogP contribution in [0.2, 0.25) is 5.02 Å². The SMILES string of the molecule is CCCC(Oc1ccc(C(N)=S)c(Cl)c1)C(=O)OCC. The van der Waals surface area contributed by atoms with Crippen molar-refractivity contribution < 1.29 is 14.3 Å². The number of esters is 1. The van der Waals surface area contributed by atoms with Gasteiger partial charge in [-0.1, -0.05) is 37.2 Å². The average Bonchev–Trinajstić information content (AvgIpc) is 2.38. The highest BCUT2D eigenvalue weighted by Crippen LogP contribution is 2.24. The van der Waals surface area contributed by atoms with Crippen LogP contribution >= 0.6 is 23.8 Å². The first-order valence-electron chi connectivity index (χ1n) is 6.42. The van der Waals surface area contributed by atoms with Crippen molar-refractivity contribution in [1.29, 1.82) is 0 Å². The zero-order chi connectivity index (χ0) is 15.1. The van der Waals surface area contributed by atoms with E-state index < -0.39 is 6.10 Å². The predicted molar refractivity (Wildman–Crippen MR) is 83.3 cm³/mol. The summed E-state index contributed by atoms with van der Waals surface area (Å²) in [6.45, 7) is 4.05. The number of ether oxygens (including phenoxy) is 2. The lowest BCUT2D eigenvalue weighted by Gasteiger charge is -2.17. The summed E-state index contributed by atoms with van der Waals surface area (Å²) in [5.41, 5.74) is 6.11. The van der Waals surface area contributed by atoms with E-state index in [9.17, 15) is 4.79 Å². The molecule has 0 spiro atoms. The predicted octanol–water partition coefficient (Wildman–Crippen LogP) is 3.08. The number of benzene rings is 1. The molecule has 0 radical (unpaired) electrons. The Morgan fingerprint density at radius 3 is 2.65 bits per heavy atom. The van der Waals surface area contributed by atoms with Crippen LogP contribution < -0.4 is 10.5 Å². The molecule has 0 saturated carbocycles. The summed E-state index contributed by atoms with van der Waals surface area (Å²) < 4.78 is 10.6. The van der Waals surface area contributed by atoms with Crippen LogP contribution in [-0.4, -0.2) is 23.7 Å². The second-order valence-electron chi connectivity index (χ2n) is 4.15. The van der Waals surface area contributed by atoms with Gasteiger partial charge < -0.3 is 15.2 Å². The minimum Gasteiger partial charge on any atom is -0.479 e. The van der Waals surface area contributed by atoms with Gasteiger partial charge in [-0.2, -0.15) is 0 Å². The fourth-order valence-electron chi connectivity index (χ4n) is 1.66. The first-order valence-corrected chi connectivity index (χ1v) is 7.20. The van der Waals surface area contributed by atoms with Gasteiger partial charge in [0.05, 0.1) is 11.6 Å². The molecule has 4 nitrogen and oxygen atoms in total. The van der Waals surface area contributed by atoms with Crippen molar-refractivity contribution in [1.82, 2.24) is 0 Å². The maximum Gasteiger partial charge on any atom is 0.347 e. The lowest BCUT2D eigenvalue weighted by molar-refractivity contribution is -0.151. The standard InChI is InChI=1S/C14H18ClNO3S/c1-3-5-12(14(17)18-4-2)19-9-6-7-10(13(16)20)11(15)8-9/h6-8,12H,3-5H2,1-2H3,(H2,16,20). The van der Waals surface area contributed by atoms with E-state index in [4.69, 9.17) is 39.0 Å². The number of thiocarbonyl (C=S) groups is 1. The van der Waals surface area contributed by atoms with Gasteiger partial charge >= 0.3 is 5.97 Å². The number of rotatable bonds is 7. The van der Waals surface area contributed by atoms with Gasteiger partial charge in [-0.05, 0) is 31.5 Å². The topological polar surface area (TPSA) is 61.5 Å². The Bertz CT molecular complexity index is 493. The molecule has 0 amide bonds. The molecule has 1 unspecified atom stereocenters. The monoisotopic (exact) mass is 315 g/mol. The van der Waals surface area contributed by atoms with Gasteiger partial charge in [-0.15, -0.1) is 0 Å². The second kappa shape index (κ2) is 8.07. The second-order valence-corrected chi connectivity index (χ2v) is 5.00. The molecule has 1 atom stereocenters. The van der Waals surface area contributed by atoms with Crippen LogP contribution in [0.25, 0.3) is 0 Å². The van der Waals surface area contributed by atoms with Crippen LogP contribution in [-0.2, 0) is 9.53 Å². The molecule has 1 rings (SSSR count). The number of nitrogens with two attached hydrogens (primary N) is 1. The largest absolute Gasteiger partial charge is 0.479 e. The first-order chi connectivity index (χ1) is 9.49. The maximum absolute atomic E-state index is 11.8. The minimum atomic E-state index is -0.633. The van der Waals surface area contributed by atoms with Gasteiger partial charge in [0.25, 0.3) is 0 Å². The van der Waals surface area contributed by atoms with E-state index >= 15 is 0 Å². The zero-order valence-electron chi connectivity index (χ0n) is 11.5. The molecule has 2 N–H and O–H groups in total. The van der Waals surface area contributed by atoms with E-state index in [2.05, 4.69) is 0 Å². The quantitative estimate of drug-likeness (QED) is 0.619. The third kappa shape index (κ3) is 4.65. The van der Waals surface area contributed by atoms with Crippen LogP contribution in [0.15, 0.2) is 18.2 Å². The number of hydrogen-bond donors (Lipinski definition) is 1. The van der Waals surface area contributed by atoms with Crippen molar-refractivity contribution in [2.45, 2.75) is 32.8 Å². The lowest BCUT2D eigenvalue weighted by atomic mass is 10.2. The highest BCUT2D eigenvalue weighted by Gasteiger charge is 2.21. The molecule has 6 heteroatoms. The van der Waals surface area contributed by atoms with Crippen molar-refractivity contribution in [3.8, 4) is 5.75 Å². The fourth-order valence-corrected chi connectivity index (χ4v) is 2.16. The molecule has 0 aliphatic rings. The molecule has 0 aliphatic carbocycles. The molecule has 0 aromatic heterocycles. The maximum atomic E-state index is 11.8. The summed E-state index contributed by atoms with van der Waals surface area (Å²) in [5.74, 6) is 0.116. The number of carbonyl (C=O) groups excluding carboxylic acids is 1. The molecule has 20 heavy (non-hydrogen) atoms. The molecule has 110 valence electrons. The summed E-state index contributed by atoms with van der Waals surface area (Å²) in [5, 5.41) is 0.397. The number of carbonyl (C=O) groups is 1. The van der Waals surface area contributed by atoms with Crippen molar-refractivity contribution in [2.75, 3.05) is 6.61 Å². The van der Waals surface area contributed by atoms with Gasteiger partial charge in [0, 0.05) is 5.56 Å². The molecule has 0 saturated heterocycles. The minimum absolute atomic E-state index is 0.219. The molecule has 0 fully saturated rings. The lowest BCUT2D eigenvalue weighted by Crippen LogP contribution is -2.29. The zero-order valence-corrected chi connectivity index (χ0v) is 13.1. The van der Waals surface area contributed by atoms with Crippen molar-refractivity contribution in [3.05, 3.63) is 28.8 Å². The van der Waals surface area contributed by atoms with E-state index in [1.54, 1.807) is 25.1 Å². The molecule has 1 aromatic carbocycles. The molecule has 0 heterocycles. The van der Waals surface area contributed by atoms with E-state index in [0.717, 1.165) is 6.42 Å². The number of halogens is 1. The van der Waals surface area contributed by atoms with Crippen LogP contribution in [0.5, 0.6) is 5.75 Å². The summed E-state index contributed by atoms with van der Waals surface area (Å²) in [6, 6.07) is 4.95. The Kier molecular flexibility index (Phi) is 6.75. The van der Waals surface area contributed by atoms with Crippen molar-refractivity contribution in [2.24, 2.45) is 5.73 Å². The number of hydrogen-bond acceptors (Lipinski definition) is 4. The van der Waals surface area contributed by atoms with E-state index in [-0.39, 0.29) is 11.0 Å². The third-order valence-corrected chi connectivity index (χ3v) is 3.12. The summed E-state index contributed by atoms with van der Waals surface area (Å²) in [6.07, 6.45) is 0.752. The van der Waals surface area contributed by atoms with Crippen LogP contribution in [0.4, 0.5) is 0 Å². The average molecular weight is 316 g/mol. The Labute approximate surface area is 129 Å². The van der Waals surface area contributed by atoms with Gasteiger partial charge in [-0.25, -0.2) is 4.79 Å². The van der Waals surface area contributed by atoms with E-state index in [1.807, 2.05) is 6.92 Å². The van der Waals surface area contributed by atoms with Crippen molar-refractivity contribution >= 4 is 34.8 Å². The molecule has 1 aromatic rings. The van der Waals surface area contributed by atoms with Gasteiger partial charge in [0.1, 0.15) is 10.7 Å². The Hall–Kier alpha value is -1.33. The Balaban J connectivity index is 2.86. The highest BCUT2D eigenvalue weighted by molar-refractivity contribution is 7.80. The Morgan fingerprint density at radius 2 is 2.15 bits per heavy atom. The van der Waals surface area contributed by atoms with E-state index in [1.165, 1.54) is 0 Å². The Morgan fingerprint density at radius 1 is 1.45 bits per heavy atom. The smallest absolute Gasteiger partial charge is 0.347 e. The highest BCUT2D eigenvalue weighted by atomic mass is 35.5. The first kappa shape index (κ1) is 16.7. The van der Waals surface area contributed by atoms with Crippen LogP contribution in [0.3, 0.4) is 0 Å². The molecule has 0 aliphatic heterocycles. The molecular formula is C14H18ClNO3S. The summed E-state index contributed by atoms with van der Waals surface area (Å²) >= 11 is 10.9. The third-order valence-electron chi connectivity index (χ3n) is 2.58. The summed E-state index contributed by atoms with van der Waals surface area (Å²) in [4.78, 5) is 12.0. The molecule has 0 bridgehead atoms. The van der Waals surface area contributed by atoms with E-state index in [0.29, 0.717) is 29.4 Å².